The fourth-order valence-electron chi connectivity index (χ4n) is 2.33. The molecule has 1 aromatic rings. The minimum atomic E-state index is -0.0677. The number of hydrogen-bond donors (Lipinski definition) is 1. The summed E-state index contributed by atoms with van der Waals surface area (Å²) in [5, 5.41) is 0.732. The van der Waals surface area contributed by atoms with Crippen molar-refractivity contribution in [3.05, 3.63) is 33.8 Å². The summed E-state index contributed by atoms with van der Waals surface area (Å²) in [7, 11) is 0. The van der Waals surface area contributed by atoms with Crippen LogP contribution in [0.25, 0.3) is 0 Å². The molecule has 1 amide bonds. The monoisotopic (exact) mass is 286 g/mol. The molecule has 18 heavy (non-hydrogen) atoms. The topological polar surface area (TPSA) is 46.3 Å². The normalized spacial score (nSPS) is 24.1. The molecule has 98 valence electrons. The van der Waals surface area contributed by atoms with Gasteiger partial charge in [-0.05, 0) is 31.9 Å². The van der Waals surface area contributed by atoms with Gasteiger partial charge in [0.25, 0.3) is 5.91 Å². The van der Waals surface area contributed by atoms with E-state index in [0.717, 1.165) is 12.8 Å². The molecule has 2 unspecified atom stereocenters. The number of carbonyl (C=O) groups is 1. The SMILES string of the molecule is CC1CC(N)CCN1C(=O)c1cccc(Cl)c1Cl. The number of halogens is 2. The Kier molecular flexibility index (Phi) is 4.15. The van der Waals surface area contributed by atoms with E-state index in [2.05, 4.69) is 0 Å². The maximum atomic E-state index is 12.4. The summed E-state index contributed by atoms with van der Waals surface area (Å²) in [5.41, 5.74) is 6.36. The van der Waals surface area contributed by atoms with Crippen LogP contribution in [0.2, 0.25) is 10.0 Å². The quantitative estimate of drug-likeness (QED) is 0.863. The van der Waals surface area contributed by atoms with Gasteiger partial charge in [-0.15, -0.1) is 0 Å². The molecule has 2 rings (SSSR count). The average Bonchev–Trinajstić information content (AvgIpc) is 2.32. The van der Waals surface area contributed by atoms with Gasteiger partial charge in [0, 0.05) is 18.6 Å². The predicted molar refractivity (Wildman–Crippen MR) is 74.2 cm³/mol. The van der Waals surface area contributed by atoms with Crippen LogP contribution < -0.4 is 5.73 Å². The van der Waals surface area contributed by atoms with Gasteiger partial charge in [0.15, 0.2) is 0 Å². The van der Waals surface area contributed by atoms with E-state index in [0.29, 0.717) is 22.2 Å². The third kappa shape index (κ3) is 2.63. The number of nitrogens with zero attached hydrogens (tertiary/aromatic N) is 1. The number of nitrogens with two attached hydrogens (primary N) is 1. The first kappa shape index (κ1) is 13.7. The molecule has 1 aliphatic heterocycles. The molecular formula is C13H16Cl2N2O. The van der Waals surface area contributed by atoms with Crippen molar-refractivity contribution < 1.29 is 4.79 Å². The second-order valence-corrected chi connectivity index (χ2v) is 5.52. The third-order valence-corrected chi connectivity index (χ3v) is 4.18. The molecule has 5 heteroatoms. The van der Waals surface area contributed by atoms with E-state index in [4.69, 9.17) is 28.9 Å². The van der Waals surface area contributed by atoms with Gasteiger partial charge in [0.05, 0.1) is 15.6 Å². The summed E-state index contributed by atoms with van der Waals surface area (Å²) in [4.78, 5) is 14.3. The van der Waals surface area contributed by atoms with Crippen LogP contribution in [0.1, 0.15) is 30.1 Å². The van der Waals surface area contributed by atoms with Crippen LogP contribution in [-0.2, 0) is 0 Å². The molecule has 2 atom stereocenters. The highest BCUT2D eigenvalue weighted by molar-refractivity contribution is 6.43. The van der Waals surface area contributed by atoms with Crippen LogP contribution in [0.3, 0.4) is 0 Å². The molecule has 0 radical (unpaired) electrons. The second kappa shape index (κ2) is 5.47. The molecule has 0 saturated carbocycles. The molecule has 0 bridgehead atoms. The Balaban J connectivity index is 2.23. The van der Waals surface area contributed by atoms with Gasteiger partial charge in [-0.25, -0.2) is 0 Å². The van der Waals surface area contributed by atoms with Crippen molar-refractivity contribution in [2.75, 3.05) is 6.54 Å². The highest BCUT2D eigenvalue weighted by Crippen LogP contribution is 2.28. The number of hydrogen-bond acceptors (Lipinski definition) is 2. The van der Waals surface area contributed by atoms with E-state index >= 15 is 0 Å². The first-order valence-electron chi connectivity index (χ1n) is 6.01. The molecular weight excluding hydrogens is 271 g/mol. The minimum absolute atomic E-state index is 0.0677. The van der Waals surface area contributed by atoms with Crippen molar-refractivity contribution in [2.24, 2.45) is 5.73 Å². The minimum Gasteiger partial charge on any atom is -0.336 e. The lowest BCUT2D eigenvalue weighted by Gasteiger charge is -2.36. The van der Waals surface area contributed by atoms with Crippen LogP contribution >= 0.6 is 23.2 Å². The Hall–Kier alpha value is -0.770. The number of amides is 1. The maximum absolute atomic E-state index is 12.4. The first-order chi connectivity index (χ1) is 8.50. The first-order valence-corrected chi connectivity index (χ1v) is 6.77. The summed E-state index contributed by atoms with van der Waals surface area (Å²) in [6.07, 6.45) is 1.65. The van der Waals surface area contributed by atoms with E-state index in [1.165, 1.54) is 0 Å². The van der Waals surface area contributed by atoms with Crippen LogP contribution in [-0.4, -0.2) is 29.4 Å². The Morgan fingerprint density at radius 1 is 1.44 bits per heavy atom. The van der Waals surface area contributed by atoms with E-state index < -0.39 is 0 Å². The Morgan fingerprint density at radius 2 is 2.17 bits per heavy atom. The van der Waals surface area contributed by atoms with Crippen LogP contribution in [0.4, 0.5) is 0 Å². The van der Waals surface area contributed by atoms with Gasteiger partial charge in [-0.3, -0.25) is 4.79 Å². The van der Waals surface area contributed by atoms with Gasteiger partial charge in [0.2, 0.25) is 0 Å². The largest absolute Gasteiger partial charge is 0.336 e. The van der Waals surface area contributed by atoms with Crippen molar-refractivity contribution in [3.8, 4) is 0 Å². The highest BCUT2D eigenvalue weighted by Gasteiger charge is 2.28. The van der Waals surface area contributed by atoms with E-state index in [9.17, 15) is 4.79 Å². The van der Waals surface area contributed by atoms with Gasteiger partial charge >= 0.3 is 0 Å². The lowest BCUT2D eigenvalue weighted by Crippen LogP contribution is -2.48. The molecule has 1 fully saturated rings. The maximum Gasteiger partial charge on any atom is 0.255 e. The molecule has 3 nitrogen and oxygen atoms in total. The van der Waals surface area contributed by atoms with Crippen LogP contribution in [0.15, 0.2) is 18.2 Å². The number of carbonyl (C=O) groups excluding carboxylic acids is 1. The van der Waals surface area contributed by atoms with Gasteiger partial charge in [0.1, 0.15) is 0 Å². The highest BCUT2D eigenvalue weighted by atomic mass is 35.5. The summed E-state index contributed by atoms with van der Waals surface area (Å²) in [6, 6.07) is 5.44. The predicted octanol–water partition coefficient (Wildman–Crippen LogP) is 2.95. The molecule has 1 heterocycles. The van der Waals surface area contributed by atoms with Crippen LogP contribution in [0, 0.1) is 0 Å². The van der Waals surface area contributed by atoms with E-state index in [1.807, 2.05) is 11.8 Å². The Labute approximate surface area is 117 Å². The fraction of sp³-hybridized carbons (Fsp3) is 0.462. The molecule has 0 spiro atoms. The summed E-state index contributed by atoms with van der Waals surface area (Å²) in [5.74, 6) is -0.0677. The molecule has 1 aromatic carbocycles. The van der Waals surface area contributed by atoms with Gasteiger partial charge in [-0.1, -0.05) is 29.3 Å². The van der Waals surface area contributed by atoms with Crippen molar-refractivity contribution in [1.82, 2.24) is 4.90 Å². The summed E-state index contributed by atoms with van der Waals surface area (Å²) < 4.78 is 0. The summed E-state index contributed by atoms with van der Waals surface area (Å²) >= 11 is 12.0. The summed E-state index contributed by atoms with van der Waals surface area (Å²) in [6.45, 7) is 2.68. The number of benzene rings is 1. The number of piperidine rings is 1. The molecule has 0 aliphatic carbocycles. The van der Waals surface area contributed by atoms with Crippen molar-refractivity contribution in [2.45, 2.75) is 31.8 Å². The molecule has 1 aliphatic rings. The molecule has 2 N–H and O–H groups in total. The Bertz CT molecular complexity index is 464. The van der Waals surface area contributed by atoms with Crippen LogP contribution in [0.5, 0.6) is 0 Å². The smallest absolute Gasteiger partial charge is 0.255 e. The second-order valence-electron chi connectivity index (χ2n) is 4.73. The van der Waals surface area contributed by atoms with Crippen molar-refractivity contribution in [1.29, 1.82) is 0 Å². The van der Waals surface area contributed by atoms with E-state index in [1.54, 1.807) is 18.2 Å². The lowest BCUT2D eigenvalue weighted by molar-refractivity contribution is 0.0619. The van der Waals surface area contributed by atoms with Crippen molar-refractivity contribution >= 4 is 29.1 Å². The fourth-order valence-corrected chi connectivity index (χ4v) is 2.72. The Morgan fingerprint density at radius 3 is 2.83 bits per heavy atom. The average molecular weight is 287 g/mol. The lowest BCUT2D eigenvalue weighted by atomic mass is 9.98. The standard InChI is InChI=1S/C13H16Cl2N2O/c1-8-7-9(16)5-6-17(8)13(18)10-3-2-4-11(14)12(10)15/h2-4,8-9H,5-7,16H2,1H3. The molecule has 1 saturated heterocycles. The van der Waals surface area contributed by atoms with E-state index in [-0.39, 0.29) is 18.0 Å². The molecule has 0 aromatic heterocycles. The third-order valence-electron chi connectivity index (χ3n) is 3.36. The van der Waals surface area contributed by atoms with Gasteiger partial charge < -0.3 is 10.6 Å². The number of likely N-dealkylation sites (tertiary alicyclic amines) is 1. The zero-order valence-corrected chi connectivity index (χ0v) is 11.7. The number of rotatable bonds is 1. The zero-order chi connectivity index (χ0) is 13.3. The van der Waals surface area contributed by atoms with Crippen molar-refractivity contribution in [3.63, 3.8) is 0 Å². The zero-order valence-electron chi connectivity index (χ0n) is 10.2. The van der Waals surface area contributed by atoms with Gasteiger partial charge in [-0.2, -0.15) is 0 Å².